The van der Waals surface area contributed by atoms with E-state index in [0.29, 0.717) is 27.2 Å². The Kier molecular flexibility index (Phi) is 8.03. The second-order valence-electron chi connectivity index (χ2n) is 8.51. The molecule has 182 valence electrons. The van der Waals surface area contributed by atoms with Gasteiger partial charge in [-0.15, -0.1) is 0 Å². The smallest absolute Gasteiger partial charge is 0.269 e. The Balaban J connectivity index is 1.74. The fourth-order valence-corrected chi connectivity index (χ4v) is 5.21. The highest BCUT2D eigenvalue weighted by Crippen LogP contribution is 2.34. The fraction of sp³-hybridized carbons (Fsp3) is 0.333. The first-order valence-electron chi connectivity index (χ1n) is 12.0. The number of rotatable bonds is 9. The lowest BCUT2D eigenvalue weighted by molar-refractivity contribution is -0.122. The molecule has 1 aromatic carbocycles. The number of pyridine rings is 1. The zero-order valence-corrected chi connectivity index (χ0v) is 21.9. The minimum absolute atomic E-state index is 0.168. The first kappa shape index (κ1) is 25.1. The number of thiocarbonyl (C=S) groups is 1. The Hall–Kier alpha value is -2.97. The molecule has 4 rings (SSSR count). The lowest BCUT2D eigenvalue weighted by Gasteiger charge is -2.14. The van der Waals surface area contributed by atoms with Gasteiger partial charge in [0.05, 0.1) is 4.91 Å². The van der Waals surface area contributed by atoms with Crippen LogP contribution in [0.25, 0.3) is 11.7 Å². The fourth-order valence-electron chi connectivity index (χ4n) is 3.92. The van der Waals surface area contributed by atoms with Gasteiger partial charge >= 0.3 is 0 Å². The van der Waals surface area contributed by atoms with Crippen molar-refractivity contribution in [2.24, 2.45) is 0 Å². The van der Waals surface area contributed by atoms with Crippen molar-refractivity contribution in [3.8, 4) is 11.6 Å². The summed E-state index contributed by atoms with van der Waals surface area (Å²) in [4.78, 5) is 33.4. The van der Waals surface area contributed by atoms with Crippen LogP contribution in [0.2, 0.25) is 0 Å². The second kappa shape index (κ2) is 11.2. The molecule has 0 N–H and O–H groups in total. The molecule has 35 heavy (non-hydrogen) atoms. The maximum absolute atomic E-state index is 13.5. The van der Waals surface area contributed by atoms with Gasteiger partial charge in [-0.05, 0) is 55.2 Å². The van der Waals surface area contributed by atoms with E-state index in [2.05, 4.69) is 18.8 Å². The van der Waals surface area contributed by atoms with Gasteiger partial charge in [0.2, 0.25) is 5.88 Å². The lowest BCUT2D eigenvalue weighted by Crippen LogP contribution is -2.29. The number of carbonyl (C=O) groups excluding carboxylic acids is 1. The number of nitrogens with zero attached hydrogens (tertiary/aromatic N) is 3. The van der Waals surface area contributed by atoms with E-state index in [4.69, 9.17) is 17.0 Å². The highest BCUT2D eigenvalue weighted by molar-refractivity contribution is 8.26. The topological polar surface area (TPSA) is 63.9 Å². The number of fused-ring (bicyclic) bond motifs is 1. The molecule has 1 fully saturated rings. The maximum Gasteiger partial charge on any atom is 0.269 e. The number of thioether (sulfide) groups is 1. The molecule has 1 aliphatic rings. The molecule has 3 aromatic rings. The molecular weight excluding hydrogens is 478 g/mol. The van der Waals surface area contributed by atoms with Gasteiger partial charge in [0.15, 0.2) is 0 Å². The van der Waals surface area contributed by atoms with Crippen LogP contribution in [0.3, 0.4) is 0 Å². The molecule has 0 aliphatic carbocycles. The van der Waals surface area contributed by atoms with Gasteiger partial charge in [-0.25, -0.2) is 0 Å². The summed E-state index contributed by atoms with van der Waals surface area (Å²) in [7, 11) is 0. The highest BCUT2D eigenvalue weighted by Gasteiger charge is 2.32. The molecule has 1 amide bonds. The number of hydrogen-bond acceptors (Lipinski definition) is 6. The number of aryl methyl sites for hydroxylation is 2. The third-order valence-electron chi connectivity index (χ3n) is 5.98. The first-order chi connectivity index (χ1) is 16.9. The van der Waals surface area contributed by atoms with E-state index in [0.717, 1.165) is 37.7 Å². The van der Waals surface area contributed by atoms with Crippen LogP contribution in [0, 0.1) is 6.92 Å². The molecule has 0 saturated carbocycles. The summed E-state index contributed by atoms with van der Waals surface area (Å²) in [5.74, 6) is 0.565. The van der Waals surface area contributed by atoms with E-state index in [1.807, 2.05) is 37.3 Å². The van der Waals surface area contributed by atoms with Crippen LogP contribution in [-0.2, 0) is 11.2 Å². The molecule has 3 heterocycles. The summed E-state index contributed by atoms with van der Waals surface area (Å²) < 4.78 is 8.11. The average molecular weight is 508 g/mol. The van der Waals surface area contributed by atoms with Crippen molar-refractivity contribution in [3.63, 3.8) is 0 Å². The van der Waals surface area contributed by atoms with E-state index in [1.54, 1.807) is 23.2 Å². The minimum atomic E-state index is -0.299. The Morgan fingerprint density at radius 1 is 1.09 bits per heavy atom. The predicted octanol–water partition coefficient (Wildman–Crippen LogP) is 6.14. The normalized spacial score (nSPS) is 14.9. The summed E-state index contributed by atoms with van der Waals surface area (Å²) >= 11 is 6.69. The quantitative estimate of drug-likeness (QED) is 0.197. The van der Waals surface area contributed by atoms with Gasteiger partial charge in [-0.1, -0.05) is 75.3 Å². The molecule has 0 radical (unpaired) electrons. The molecule has 0 atom stereocenters. The van der Waals surface area contributed by atoms with E-state index < -0.39 is 0 Å². The largest absolute Gasteiger partial charge is 0.438 e. The van der Waals surface area contributed by atoms with Gasteiger partial charge in [-0.2, -0.15) is 4.98 Å². The van der Waals surface area contributed by atoms with Crippen molar-refractivity contribution in [1.82, 2.24) is 14.3 Å². The molecule has 8 heteroatoms. The summed E-state index contributed by atoms with van der Waals surface area (Å²) in [5.41, 5.74) is 2.47. The zero-order valence-electron chi connectivity index (χ0n) is 20.2. The third-order valence-corrected chi connectivity index (χ3v) is 7.36. The van der Waals surface area contributed by atoms with Crippen molar-refractivity contribution in [2.45, 2.75) is 52.9 Å². The molecule has 0 unspecified atom stereocenters. The zero-order chi connectivity index (χ0) is 24.9. The van der Waals surface area contributed by atoms with Crippen LogP contribution in [0.4, 0.5) is 0 Å². The van der Waals surface area contributed by atoms with Crippen molar-refractivity contribution >= 4 is 45.9 Å². The molecule has 6 nitrogen and oxygen atoms in total. The number of amides is 1. The second-order valence-corrected chi connectivity index (χ2v) is 10.2. The monoisotopic (exact) mass is 507 g/mol. The SMILES string of the molecule is CCCCCCN1C(=O)/C(=C\c2c(Oc3ccc(CC)cc3)nc3c(C)cccn3c2=O)SC1=S. The van der Waals surface area contributed by atoms with Crippen LogP contribution >= 0.6 is 24.0 Å². The molecule has 1 aliphatic heterocycles. The highest BCUT2D eigenvalue weighted by atomic mass is 32.2. The number of hydrogen-bond donors (Lipinski definition) is 0. The Morgan fingerprint density at radius 3 is 2.57 bits per heavy atom. The molecule has 1 saturated heterocycles. The van der Waals surface area contributed by atoms with E-state index >= 15 is 0 Å². The minimum Gasteiger partial charge on any atom is -0.438 e. The molecule has 0 bridgehead atoms. The Labute approximate surface area is 215 Å². The van der Waals surface area contributed by atoms with Crippen molar-refractivity contribution < 1.29 is 9.53 Å². The third kappa shape index (κ3) is 5.49. The van der Waals surface area contributed by atoms with E-state index in [-0.39, 0.29) is 22.9 Å². The number of aromatic nitrogens is 2. The van der Waals surface area contributed by atoms with Crippen molar-refractivity contribution in [1.29, 1.82) is 0 Å². The average Bonchev–Trinajstić information content (AvgIpc) is 3.12. The van der Waals surface area contributed by atoms with Crippen LogP contribution in [0.5, 0.6) is 11.6 Å². The first-order valence-corrected chi connectivity index (χ1v) is 13.2. The molecular formula is C27H29N3O3S2. The number of carbonyl (C=O) groups is 1. The number of benzene rings is 1. The predicted molar refractivity (Wildman–Crippen MR) is 146 cm³/mol. The van der Waals surface area contributed by atoms with Gasteiger partial charge in [0, 0.05) is 12.7 Å². The van der Waals surface area contributed by atoms with Crippen molar-refractivity contribution in [2.75, 3.05) is 6.54 Å². The van der Waals surface area contributed by atoms with Gasteiger partial charge in [0.1, 0.15) is 21.3 Å². The summed E-state index contributed by atoms with van der Waals surface area (Å²) in [6.45, 7) is 6.72. The van der Waals surface area contributed by atoms with E-state index in [9.17, 15) is 9.59 Å². The maximum atomic E-state index is 13.5. The Bertz CT molecular complexity index is 1350. The van der Waals surface area contributed by atoms with E-state index in [1.165, 1.54) is 21.7 Å². The van der Waals surface area contributed by atoms with Crippen LogP contribution < -0.4 is 10.3 Å². The van der Waals surface area contributed by atoms with Gasteiger partial charge < -0.3 is 4.74 Å². The lowest BCUT2D eigenvalue weighted by atomic mass is 10.2. The van der Waals surface area contributed by atoms with Crippen LogP contribution in [0.1, 0.15) is 56.2 Å². The number of unbranched alkanes of at least 4 members (excludes halogenated alkanes) is 3. The summed E-state index contributed by atoms with van der Waals surface area (Å²) in [5, 5.41) is 0. The van der Waals surface area contributed by atoms with Crippen LogP contribution in [-0.4, -0.2) is 31.1 Å². The number of ether oxygens (including phenoxy) is 1. The van der Waals surface area contributed by atoms with Crippen LogP contribution in [0.15, 0.2) is 52.3 Å². The van der Waals surface area contributed by atoms with Gasteiger partial charge in [0.25, 0.3) is 11.5 Å². The van der Waals surface area contributed by atoms with Crippen molar-refractivity contribution in [3.05, 3.63) is 74.5 Å². The Morgan fingerprint density at radius 2 is 1.86 bits per heavy atom. The molecule has 0 spiro atoms. The van der Waals surface area contributed by atoms with Gasteiger partial charge in [-0.3, -0.25) is 18.9 Å². The summed E-state index contributed by atoms with van der Waals surface area (Å²) in [6.07, 6.45) is 8.37. The molecule has 2 aromatic heterocycles. The summed E-state index contributed by atoms with van der Waals surface area (Å²) in [6, 6.07) is 11.4. The standard InChI is InChI=1S/C27H29N3O3S2/c1-4-6-7-8-15-30-26(32)22(35-27(30)34)17-21-24(33-20-13-11-19(5-2)12-14-20)28-23-18(3)10-9-16-29(23)25(21)31/h9-14,16-17H,4-8,15H2,1-3H3/b22-17+.